The lowest BCUT2D eigenvalue weighted by atomic mass is 10.4. The van der Waals surface area contributed by atoms with Crippen LogP contribution >= 0.6 is 0 Å². The highest BCUT2D eigenvalue weighted by atomic mass is 14.9. The molecule has 0 fully saturated rings. The van der Waals surface area contributed by atoms with Gasteiger partial charge in [-0.25, -0.2) is 4.98 Å². The van der Waals surface area contributed by atoms with Crippen molar-refractivity contribution in [2.45, 2.75) is 0 Å². The molecule has 0 amide bonds. The van der Waals surface area contributed by atoms with Crippen molar-refractivity contribution in [1.82, 2.24) is 15.0 Å². The van der Waals surface area contributed by atoms with Crippen molar-refractivity contribution in [2.75, 3.05) is 0 Å². The molecule has 0 spiro atoms. The highest BCUT2D eigenvalue weighted by Crippen LogP contribution is 2.02. The van der Waals surface area contributed by atoms with E-state index in [1.807, 2.05) is 0 Å². The molecule has 0 saturated heterocycles. The number of aromatic nitrogens is 3. The second kappa shape index (κ2) is 1.55. The number of hydrogen-bond acceptors (Lipinski definition) is 2. The van der Waals surface area contributed by atoms with E-state index in [0.29, 0.717) is 0 Å². The fourth-order valence-electron chi connectivity index (χ4n) is 0.734. The Kier molecular flexibility index (Phi) is 0.773. The highest BCUT2D eigenvalue weighted by Gasteiger charge is 1.89. The van der Waals surface area contributed by atoms with Crippen LogP contribution < -0.4 is 0 Å². The maximum atomic E-state index is 3.98. The summed E-state index contributed by atoms with van der Waals surface area (Å²) in [6.07, 6.45) is 6.01. The standard InChI is InChI=1S/C6H4N3/c1-2-7-3-6-5(1)8-4-9-6/h1,3-4H,(H,8,9). The van der Waals surface area contributed by atoms with E-state index in [4.69, 9.17) is 0 Å². The summed E-state index contributed by atoms with van der Waals surface area (Å²) in [6, 6.07) is 1.77. The van der Waals surface area contributed by atoms with Crippen molar-refractivity contribution in [3.63, 3.8) is 0 Å². The lowest BCUT2D eigenvalue weighted by molar-refractivity contribution is 1.32. The number of nitrogens with zero attached hydrogens (tertiary/aromatic N) is 2. The van der Waals surface area contributed by atoms with Gasteiger partial charge in [-0.3, -0.25) is 4.98 Å². The molecule has 1 radical (unpaired) electrons. The van der Waals surface area contributed by atoms with E-state index in [9.17, 15) is 0 Å². The number of rotatable bonds is 0. The summed E-state index contributed by atoms with van der Waals surface area (Å²) >= 11 is 0. The van der Waals surface area contributed by atoms with Gasteiger partial charge in [-0.05, 0) is 6.07 Å². The molecule has 2 heterocycles. The van der Waals surface area contributed by atoms with Gasteiger partial charge in [-0.15, -0.1) is 0 Å². The Bertz CT molecular complexity index is 282. The molecule has 0 atom stereocenters. The van der Waals surface area contributed by atoms with E-state index in [-0.39, 0.29) is 0 Å². The molecule has 2 aromatic heterocycles. The molecule has 2 aromatic rings. The number of fused-ring (bicyclic) bond motifs is 1. The topological polar surface area (TPSA) is 41.6 Å². The fourth-order valence-corrected chi connectivity index (χ4v) is 0.734. The number of nitrogens with one attached hydrogen (secondary N) is 1. The average molecular weight is 118 g/mol. The van der Waals surface area contributed by atoms with Crippen LogP contribution in [0.3, 0.4) is 0 Å². The third-order valence-corrected chi connectivity index (χ3v) is 1.17. The van der Waals surface area contributed by atoms with Crippen molar-refractivity contribution in [3.05, 3.63) is 24.8 Å². The zero-order valence-electron chi connectivity index (χ0n) is 4.63. The Balaban J connectivity index is 2.95. The minimum absolute atomic E-state index is 0.883. The van der Waals surface area contributed by atoms with E-state index in [1.54, 1.807) is 18.6 Å². The van der Waals surface area contributed by atoms with Crippen molar-refractivity contribution in [2.24, 2.45) is 0 Å². The van der Waals surface area contributed by atoms with E-state index in [2.05, 4.69) is 21.1 Å². The molecule has 0 aromatic carbocycles. The normalized spacial score (nSPS) is 10.2. The van der Waals surface area contributed by atoms with Crippen LogP contribution in [0.25, 0.3) is 11.0 Å². The maximum Gasteiger partial charge on any atom is 0.107 e. The predicted molar refractivity (Wildman–Crippen MR) is 32.7 cm³/mol. The molecule has 0 saturated carbocycles. The molecule has 43 valence electrons. The molecule has 0 aliphatic rings. The number of aromatic amines is 1. The summed E-state index contributed by atoms with van der Waals surface area (Å²) in [7, 11) is 0. The summed E-state index contributed by atoms with van der Waals surface area (Å²) in [4.78, 5) is 10.7. The Hall–Kier alpha value is -1.38. The Morgan fingerprint density at radius 2 is 2.56 bits per heavy atom. The van der Waals surface area contributed by atoms with Crippen LogP contribution in [-0.2, 0) is 0 Å². The van der Waals surface area contributed by atoms with E-state index < -0.39 is 0 Å². The van der Waals surface area contributed by atoms with Crippen LogP contribution in [0.2, 0.25) is 0 Å². The van der Waals surface area contributed by atoms with Crippen LogP contribution in [0, 0.1) is 6.20 Å². The van der Waals surface area contributed by atoms with Gasteiger partial charge in [-0.2, -0.15) is 0 Å². The quantitative estimate of drug-likeness (QED) is 0.554. The first-order valence-electron chi connectivity index (χ1n) is 2.62. The summed E-state index contributed by atoms with van der Waals surface area (Å²) in [5.74, 6) is 0. The third kappa shape index (κ3) is 0.579. The fraction of sp³-hybridized carbons (Fsp3) is 0. The summed E-state index contributed by atoms with van der Waals surface area (Å²) in [6.45, 7) is 0. The smallest absolute Gasteiger partial charge is 0.107 e. The zero-order chi connectivity index (χ0) is 6.10. The van der Waals surface area contributed by atoms with E-state index >= 15 is 0 Å². The van der Waals surface area contributed by atoms with Crippen LogP contribution in [-0.4, -0.2) is 15.0 Å². The van der Waals surface area contributed by atoms with Gasteiger partial charge in [0.15, 0.2) is 0 Å². The van der Waals surface area contributed by atoms with Crippen molar-refractivity contribution < 1.29 is 0 Å². The maximum absolute atomic E-state index is 3.98. The largest absolute Gasteiger partial charge is 0.344 e. The summed E-state index contributed by atoms with van der Waals surface area (Å²) in [5, 5.41) is 0. The molecular formula is C6H4N3. The zero-order valence-corrected chi connectivity index (χ0v) is 4.63. The molecule has 0 aliphatic heterocycles. The molecular weight excluding hydrogens is 114 g/mol. The Labute approximate surface area is 51.8 Å². The number of hydrogen-bond donors (Lipinski definition) is 1. The molecule has 3 heteroatoms. The van der Waals surface area contributed by atoms with Gasteiger partial charge < -0.3 is 4.98 Å². The van der Waals surface area contributed by atoms with E-state index in [1.165, 1.54) is 0 Å². The molecule has 0 bridgehead atoms. The van der Waals surface area contributed by atoms with Gasteiger partial charge in [-0.1, -0.05) is 0 Å². The summed E-state index contributed by atoms with van der Waals surface area (Å²) < 4.78 is 0. The Morgan fingerprint density at radius 1 is 1.56 bits per heavy atom. The monoisotopic (exact) mass is 118 g/mol. The van der Waals surface area contributed by atoms with Crippen molar-refractivity contribution in [1.29, 1.82) is 0 Å². The minimum Gasteiger partial charge on any atom is -0.344 e. The SMILES string of the molecule is [c]1cc2[nH]cnc2cn1. The van der Waals surface area contributed by atoms with Gasteiger partial charge in [0.25, 0.3) is 0 Å². The van der Waals surface area contributed by atoms with Gasteiger partial charge in [0.2, 0.25) is 0 Å². The summed E-state index contributed by atoms with van der Waals surface area (Å²) in [5.41, 5.74) is 1.86. The van der Waals surface area contributed by atoms with Crippen LogP contribution in [0.15, 0.2) is 18.6 Å². The molecule has 0 aliphatic carbocycles. The van der Waals surface area contributed by atoms with Crippen LogP contribution in [0.5, 0.6) is 0 Å². The van der Waals surface area contributed by atoms with E-state index in [0.717, 1.165) is 11.0 Å². The second-order valence-electron chi connectivity index (χ2n) is 1.73. The molecule has 2 rings (SSSR count). The first-order chi connectivity index (χ1) is 4.47. The molecule has 0 unspecified atom stereocenters. The number of pyridine rings is 1. The van der Waals surface area contributed by atoms with Gasteiger partial charge in [0.1, 0.15) is 5.52 Å². The van der Waals surface area contributed by atoms with Crippen molar-refractivity contribution >= 4 is 11.0 Å². The van der Waals surface area contributed by atoms with Crippen LogP contribution in [0.4, 0.5) is 0 Å². The lowest BCUT2D eigenvalue weighted by Crippen LogP contribution is -1.70. The number of imidazole rings is 1. The lowest BCUT2D eigenvalue weighted by Gasteiger charge is -1.80. The predicted octanol–water partition coefficient (Wildman–Crippen LogP) is 0.758. The second-order valence-corrected chi connectivity index (χ2v) is 1.73. The minimum atomic E-state index is 0.883. The van der Waals surface area contributed by atoms with Gasteiger partial charge in [0.05, 0.1) is 24.2 Å². The van der Waals surface area contributed by atoms with Gasteiger partial charge >= 0.3 is 0 Å². The molecule has 3 nitrogen and oxygen atoms in total. The first-order valence-corrected chi connectivity index (χ1v) is 2.62. The number of H-pyrrole nitrogens is 1. The molecule has 1 N–H and O–H groups in total. The molecule has 9 heavy (non-hydrogen) atoms. The Morgan fingerprint density at radius 3 is 3.44 bits per heavy atom. The third-order valence-electron chi connectivity index (χ3n) is 1.17. The average Bonchev–Trinajstić information content (AvgIpc) is 2.33. The van der Waals surface area contributed by atoms with Crippen molar-refractivity contribution in [3.8, 4) is 0 Å². The van der Waals surface area contributed by atoms with Gasteiger partial charge in [0, 0.05) is 0 Å². The highest BCUT2D eigenvalue weighted by molar-refractivity contribution is 5.72. The van der Waals surface area contributed by atoms with Crippen LogP contribution in [0.1, 0.15) is 0 Å². The first kappa shape index (κ1) is 4.49.